The molecule has 0 aliphatic rings. The molecule has 2 unspecified atom stereocenters. The third-order valence-electron chi connectivity index (χ3n) is 4.73. The van der Waals surface area contributed by atoms with E-state index in [1.807, 2.05) is 27.7 Å². The van der Waals surface area contributed by atoms with Crippen LogP contribution >= 0.6 is 9.24 Å². The topological polar surface area (TPSA) is 78.4 Å². The van der Waals surface area contributed by atoms with E-state index in [2.05, 4.69) is 43.6 Å². The Balaban J connectivity index is 0.00000155. The Bertz CT molecular complexity index is 931. The number of esters is 1. The summed E-state index contributed by atoms with van der Waals surface area (Å²) < 4.78 is 15.7. The van der Waals surface area contributed by atoms with Crippen molar-refractivity contribution >= 4 is 20.8 Å². The quantitative estimate of drug-likeness (QED) is 0.387. The standard InChI is InChI=1S/C21H25N2O4P.C2H6/c1-13-11-19(27-23-13)17(20(24)25-3)12-16-9-7-15(8-10-16)5-4-6-18-14(2)26-21(28)22-18;1-2/h7-11,17H,4-6,12,28H2,1-3H3;1-2H3. The molecule has 7 heteroatoms. The van der Waals surface area contributed by atoms with Crippen molar-refractivity contribution < 1.29 is 18.5 Å². The Kier molecular flexibility index (Phi) is 9.25. The lowest BCUT2D eigenvalue weighted by Crippen LogP contribution is -2.16. The maximum atomic E-state index is 12.2. The number of rotatable bonds is 8. The third-order valence-corrected chi connectivity index (χ3v) is 4.97. The van der Waals surface area contributed by atoms with Crippen LogP contribution in [0.2, 0.25) is 0 Å². The number of carbonyl (C=O) groups is 1. The molecular formula is C23H31N2O4P. The number of hydrogen-bond donors (Lipinski definition) is 0. The van der Waals surface area contributed by atoms with Gasteiger partial charge in [-0.1, -0.05) is 43.3 Å². The highest BCUT2D eigenvalue weighted by Crippen LogP contribution is 2.24. The van der Waals surface area contributed by atoms with E-state index < -0.39 is 5.92 Å². The van der Waals surface area contributed by atoms with Crippen LogP contribution in [0.1, 0.15) is 60.2 Å². The number of ether oxygens (including phenoxy) is 1. The molecule has 0 radical (unpaired) electrons. The molecule has 0 bridgehead atoms. The van der Waals surface area contributed by atoms with Crippen LogP contribution in [0, 0.1) is 13.8 Å². The van der Waals surface area contributed by atoms with Crippen LogP contribution in [0.25, 0.3) is 0 Å². The van der Waals surface area contributed by atoms with Crippen LogP contribution in [0.3, 0.4) is 0 Å². The predicted molar refractivity (Wildman–Crippen MR) is 120 cm³/mol. The first-order valence-corrected chi connectivity index (χ1v) is 10.8. The van der Waals surface area contributed by atoms with Gasteiger partial charge in [-0.05, 0) is 59.9 Å². The fraction of sp³-hybridized carbons (Fsp3) is 0.435. The van der Waals surface area contributed by atoms with Crippen molar-refractivity contribution in [2.45, 2.75) is 59.3 Å². The highest BCUT2D eigenvalue weighted by molar-refractivity contribution is 7.26. The summed E-state index contributed by atoms with van der Waals surface area (Å²) in [5, 5.41) is 3.88. The van der Waals surface area contributed by atoms with Gasteiger partial charge in [0.15, 0.2) is 5.76 Å². The third kappa shape index (κ3) is 6.53. The first-order valence-electron chi connectivity index (χ1n) is 10.3. The fourth-order valence-electron chi connectivity index (χ4n) is 3.21. The van der Waals surface area contributed by atoms with Crippen molar-refractivity contribution in [3.05, 3.63) is 64.4 Å². The molecule has 0 N–H and O–H groups in total. The number of benzene rings is 1. The Morgan fingerprint density at radius 2 is 1.80 bits per heavy atom. The van der Waals surface area contributed by atoms with Crippen molar-refractivity contribution in [3.8, 4) is 0 Å². The first-order chi connectivity index (χ1) is 14.5. The molecule has 0 spiro atoms. The average molecular weight is 430 g/mol. The molecule has 0 amide bonds. The lowest BCUT2D eigenvalue weighted by Gasteiger charge is -2.12. The molecule has 2 atom stereocenters. The van der Waals surface area contributed by atoms with E-state index in [-0.39, 0.29) is 5.97 Å². The molecule has 1 aromatic carbocycles. The monoisotopic (exact) mass is 430 g/mol. The van der Waals surface area contributed by atoms with Gasteiger partial charge in [0.1, 0.15) is 11.7 Å². The van der Waals surface area contributed by atoms with Crippen LogP contribution in [0.15, 0.2) is 39.3 Å². The molecule has 0 fully saturated rings. The normalized spacial score (nSPS) is 11.5. The van der Waals surface area contributed by atoms with E-state index in [0.717, 1.165) is 42.0 Å². The van der Waals surface area contributed by atoms with Gasteiger partial charge in [-0.15, -0.1) is 0 Å². The second-order valence-electron chi connectivity index (χ2n) is 6.88. The smallest absolute Gasteiger partial charge is 0.316 e. The van der Waals surface area contributed by atoms with Gasteiger partial charge in [-0.25, -0.2) is 4.98 Å². The zero-order chi connectivity index (χ0) is 22.1. The molecule has 2 heterocycles. The summed E-state index contributed by atoms with van der Waals surface area (Å²) >= 11 is 0. The molecule has 0 aliphatic heterocycles. The summed E-state index contributed by atoms with van der Waals surface area (Å²) in [5.74, 6) is 0.603. The number of nitrogens with zero attached hydrogens (tertiary/aromatic N) is 2. The molecule has 0 saturated heterocycles. The second kappa shape index (κ2) is 11.7. The Morgan fingerprint density at radius 1 is 1.13 bits per heavy atom. The average Bonchev–Trinajstić information content (AvgIpc) is 3.32. The van der Waals surface area contributed by atoms with Crippen molar-refractivity contribution in [1.29, 1.82) is 0 Å². The van der Waals surface area contributed by atoms with Gasteiger partial charge in [0, 0.05) is 6.07 Å². The molecule has 3 aromatic rings. The van der Waals surface area contributed by atoms with Crippen molar-refractivity contribution in [2.24, 2.45) is 0 Å². The molecule has 0 aliphatic carbocycles. The van der Waals surface area contributed by atoms with Gasteiger partial charge in [0.2, 0.25) is 5.63 Å². The van der Waals surface area contributed by atoms with Crippen LogP contribution < -0.4 is 5.63 Å². The van der Waals surface area contributed by atoms with Crippen molar-refractivity contribution in [3.63, 3.8) is 0 Å². The van der Waals surface area contributed by atoms with E-state index in [4.69, 9.17) is 13.7 Å². The number of hydrogen-bond acceptors (Lipinski definition) is 6. The number of carbonyl (C=O) groups excluding carboxylic acids is 1. The maximum Gasteiger partial charge on any atom is 0.316 e. The SMILES string of the molecule is CC.COC(=O)C(Cc1ccc(CCCc2nc(P)oc2C)cc1)c1cc(C)no1. The van der Waals surface area contributed by atoms with Gasteiger partial charge >= 0.3 is 5.97 Å². The van der Waals surface area contributed by atoms with Gasteiger partial charge < -0.3 is 13.7 Å². The van der Waals surface area contributed by atoms with E-state index >= 15 is 0 Å². The summed E-state index contributed by atoms with van der Waals surface area (Å²) in [4.78, 5) is 16.6. The minimum absolute atomic E-state index is 0.323. The highest BCUT2D eigenvalue weighted by atomic mass is 31.0. The lowest BCUT2D eigenvalue weighted by molar-refractivity contribution is -0.142. The van der Waals surface area contributed by atoms with Crippen LogP contribution in [-0.2, 0) is 28.8 Å². The second-order valence-corrected chi connectivity index (χ2v) is 7.37. The lowest BCUT2D eigenvalue weighted by atomic mass is 9.95. The Labute approximate surface area is 180 Å². The van der Waals surface area contributed by atoms with Crippen LogP contribution in [-0.4, -0.2) is 23.2 Å². The molecule has 2 aromatic heterocycles. The summed E-state index contributed by atoms with van der Waals surface area (Å²) in [7, 11) is 3.88. The maximum absolute atomic E-state index is 12.2. The minimum atomic E-state index is -0.492. The van der Waals surface area contributed by atoms with E-state index in [1.165, 1.54) is 12.7 Å². The zero-order valence-corrected chi connectivity index (χ0v) is 19.6. The number of oxazole rings is 1. The molecule has 0 saturated carbocycles. The molecular weight excluding hydrogens is 399 g/mol. The van der Waals surface area contributed by atoms with Gasteiger partial charge in [0.05, 0.1) is 18.5 Å². The minimum Gasteiger partial charge on any atom is -0.468 e. The summed E-state index contributed by atoms with van der Waals surface area (Å²) in [6.07, 6.45) is 3.36. The summed E-state index contributed by atoms with van der Waals surface area (Å²) in [5.41, 5.74) is 4.70. The van der Waals surface area contributed by atoms with E-state index in [0.29, 0.717) is 17.8 Å². The highest BCUT2D eigenvalue weighted by Gasteiger charge is 2.26. The molecule has 30 heavy (non-hydrogen) atoms. The molecule has 6 nitrogen and oxygen atoms in total. The van der Waals surface area contributed by atoms with E-state index in [1.54, 1.807) is 6.07 Å². The van der Waals surface area contributed by atoms with Crippen molar-refractivity contribution in [2.75, 3.05) is 7.11 Å². The fourth-order valence-corrected chi connectivity index (χ4v) is 3.54. The van der Waals surface area contributed by atoms with Gasteiger partial charge in [-0.3, -0.25) is 4.79 Å². The summed E-state index contributed by atoms with van der Waals surface area (Å²) in [6, 6.07) is 10.1. The zero-order valence-electron chi connectivity index (χ0n) is 18.4. The van der Waals surface area contributed by atoms with Crippen LogP contribution in [0.5, 0.6) is 0 Å². The number of aryl methyl sites for hydroxylation is 4. The van der Waals surface area contributed by atoms with E-state index in [9.17, 15) is 4.79 Å². The Morgan fingerprint density at radius 3 is 2.33 bits per heavy atom. The Hall–Kier alpha value is -2.46. The predicted octanol–water partition coefficient (Wildman–Crippen LogP) is 4.48. The number of aromatic nitrogens is 2. The summed E-state index contributed by atoms with van der Waals surface area (Å²) in [6.45, 7) is 7.77. The number of methoxy groups -OCH3 is 1. The molecule has 3 rings (SSSR count). The first kappa shape index (κ1) is 23.8. The van der Waals surface area contributed by atoms with Crippen LogP contribution in [0.4, 0.5) is 0 Å². The van der Waals surface area contributed by atoms with Gasteiger partial charge in [0.25, 0.3) is 0 Å². The van der Waals surface area contributed by atoms with Gasteiger partial charge in [-0.2, -0.15) is 0 Å². The largest absolute Gasteiger partial charge is 0.468 e. The molecule has 162 valence electrons. The van der Waals surface area contributed by atoms with Crippen molar-refractivity contribution in [1.82, 2.24) is 10.1 Å².